The second kappa shape index (κ2) is 9.87. The van der Waals surface area contributed by atoms with Gasteiger partial charge in [0.05, 0.1) is 0 Å². The summed E-state index contributed by atoms with van der Waals surface area (Å²) in [6.07, 6.45) is 8.87. The highest BCUT2D eigenvalue weighted by Gasteiger charge is 2.12. The number of hydrogen-bond acceptors (Lipinski definition) is 1. The van der Waals surface area contributed by atoms with Crippen molar-refractivity contribution in [3.8, 4) is 0 Å². The summed E-state index contributed by atoms with van der Waals surface area (Å²) in [5, 5.41) is 3.22. The van der Waals surface area contributed by atoms with E-state index in [0.717, 1.165) is 12.8 Å². The Morgan fingerprint density at radius 3 is 2.00 bits per heavy atom. The van der Waals surface area contributed by atoms with Gasteiger partial charge in [-0.2, -0.15) is 0 Å². The maximum absolute atomic E-state index is 13.5. The van der Waals surface area contributed by atoms with E-state index in [9.17, 15) is 4.39 Å². The van der Waals surface area contributed by atoms with Gasteiger partial charge in [-0.05, 0) is 27.2 Å². The first-order chi connectivity index (χ1) is 7.95. The van der Waals surface area contributed by atoms with Crippen molar-refractivity contribution >= 4 is 0 Å². The summed E-state index contributed by atoms with van der Waals surface area (Å²) >= 11 is 0. The van der Waals surface area contributed by atoms with Crippen LogP contribution in [0.5, 0.6) is 0 Å². The second-order valence-electron chi connectivity index (χ2n) is 6.14. The summed E-state index contributed by atoms with van der Waals surface area (Å²) in [7, 11) is 0. The molecule has 0 saturated heterocycles. The van der Waals surface area contributed by atoms with Crippen molar-refractivity contribution in [2.45, 2.75) is 90.8 Å². The third kappa shape index (κ3) is 13.8. The molecule has 1 N–H and O–H groups in total. The standard InChI is InChI=1S/C15H32FN/c1-5-6-7-8-9-10-11-12-14(16)13-17-15(2,3)4/h14,17H,5-13H2,1-4H3. The fourth-order valence-corrected chi connectivity index (χ4v) is 1.84. The summed E-state index contributed by atoms with van der Waals surface area (Å²) < 4.78 is 13.5. The van der Waals surface area contributed by atoms with Crippen molar-refractivity contribution in [3.63, 3.8) is 0 Å². The van der Waals surface area contributed by atoms with Crippen molar-refractivity contribution < 1.29 is 4.39 Å². The zero-order chi connectivity index (χ0) is 13.1. The molecule has 1 nitrogen and oxygen atoms in total. The SMILES string of the molecule is CCCCCCCCCC(F)CNC(C)(C)C. The number of hydrogen-bond donors (Lipinski definition) is 1. The summed E-state index contributed by atoms with van der Waals surface area (Å²) in [5.41, 5.74) is 0.0322. The molecule has 0 saturated carbocycles. The van der Waals surface area contributed by atoms with Crippen molar-refractivity contribution in [2.75, 3.05) is 6.54 Å². The third-order valence-corrected chi connectivity index (χ3v) is 2.97. The Bertz CT molecular complexity index is 163. The summed E-state index contributed by atoms with van der Waals surface area (Å²) in [5.74, 6) is 0. The lowest BCUT2D eigenvalue weighted by Crippen LogP contribution is -2.39. The van der Waals surface area contributed by atoms with Crippen molar-refractivity contribution in [1.82, 2.24) is 5.32 Å². The first kappa shape index (κ1) is 16.9. The van der Waals surface area contributed by atoms with Gasteiger partial charge < -0.3 is 5.32 Å². The zero-order valence-electron chi connectivity index (χ0n) is 12.3. The topological polar surface area (TPSA) is 12.0 Å². The Morgan fingerprint density at radius 1 is 0.941 bits per heavy atom. The van der Waals surface area contributed by atoms with Crippen LogP contribution in [-0.4, -0.2) is 18.3 Å². The van der Waals surface area contributed by atoms with Gasteiger partial charge in [0.15, 0.2) is 0 Å². The van der Waals surface area contributed by atoms with E-state index in [1.54, 1.807) is 0 Å². The average molecular weight is 245 g/mol. The van der Waals surface area contributed by atoms with Gasteiger partial charge >= 0.3 is 0 Å². The van der Waals surface area contributed by atoms with Crippen LogP contribution in [0.1, 0.15) is 79.1 Å². The first-order valence-corrected chi connectivity index (χ1v) is 7.35. The van der Waals surface area contributed by atoms with Gasteiger partial charge in [0, 0.05) is 12.1 Å². The fourth-order valence-electron chi connectivity index (χ4n) is 1.84. The van der Waals surface area contributed by atoms with Gasteiger partial charge in [-0.1, -0.05) is 51.9 Å². The van der Waals surface area contributed by atoms with Gasteiger partial charge in [-0.15, -0.1) is 0 Å². The monoisotopic (exact) mass is 245 g/mol. The summed E-state index contributed by atoms with van der Waals surface area (Å²) in [6, 6.07) is 0. The molecule has 0 aromatic carbocycles. The van der Waals surface area contributed by atoms with E-state index >= 15 is 0 Å². The molecule has 0 amide bonds. The molecule has 0 aliphatic carbocycles. The van der Waals surface area contributed by atoms with Gasteiger partial charge in [0.2, 0.25) is 0 Å². The number of halogens is 1. The Kier molecular flexibility index (Phi) is 9.81. The minimum absolute atomic E-state index is 0.0322. The minimum Gasteiger partial charge on any atom is -0.309 e. The highest BCUT2D eigenvalue weighted by Crippen LogP contribution is 2.11. The first-order valence-electron chi connectivity index (χ1n) is 7.35. The summed E-state index contributed by atoms with van der Waals surface area (Å²) in [4.78, 5) is 0. The highest BCUT2D eigenvalue weighted by molar-refractivity contribution is 4.72. The van der Waals surface area contributed by atoms with Crippen molar-refractivity contribution in [2.24, 2.45) is 0 Å². The minimum atomic E-state index is -0.676. The fraction of sp³-hybridized carbons (Fsp3) is 1.00. The lowest BCUT2D eigenvalue weighted by atomic mass is 10.1. The molecule has 17 heavy (non-hydrogen) atoms. The Balaban J connectivity index is 3.25. The quantitative estimate of drug-likeness (QED) is 0.542. The van der Waals surface area contributed by atoms with E-state index in [1.165, 1.54) is 38.5 Å². The normalized spacial score (nSPS) is 13.9. The van der Waals surface area contributed by atoms with E-state index in [2.05, 4.69) is 33.0 Å². The zero-order valence-corrected chi connectivity index (χ0v) is 12.3. The predicted octanol–water partition coefficient (Wildman–Crippen LogP) is 4.85. The van der Waals surface area contributed by atoms with Crippen LogP contribution in [0.25, 0.3) is 0 Å². The molecule has 0 bridgehead atoms. The van der Waals surface area contributed by atoms with Gasteiger partial charge in [0.1, 0.15) is 6.17 Å². The molecule has 0 aromatic heterocycles. The van der Waals surface area contributed by atoms with E-state index in [-0.39, 0.29) is 5.54 Å². The lowest BCUT2D eigenvalue weighted by Gasteiger charge is -2.22. The van der Waals surface area contributed by atoms with E-state index in [1.807, 2.05) is 0 Å². The number of nitrogens with one attached hydrogen (secondary N) is 1. The van der Waals surface area contributed by atoms with Crippen LogP contribution < -0.4 is 5.32 Å². The molecular formula is C15H32FN. The number of rotatable bonds is 10. The van der Waals surface area contributed by atoms with Gasteiger partial charge in [0.25, 0.3) is 0 Å². The molecule has 0 aromatic rings. The van der Waals surface area contributed by atoms with Crippen LogP contribution in [0.15, 0.2) is 0 Å². The Hall–Kier alpha value is -0.110. The van der Waals surface area contributed by atoms with Crippen LogP contribution in [0, 0.1) is 0 Å². The lowest BCUT2D eigenvalue weighted by molar-refractivity contribution is 0.266. The van der Waals surface area contributed by atoms with E-state index < -0.39 is 6.17 Å². The molecule has 0 fully saturated rings. The van der Waals surface area contributed by atoms with Crippen molar-refractivity contribution in [3.05, 3.63) is 0 Å². The largest absolute Gasteiger partial charge is 0.309 e. The molecule has 1 unspecified atom stereocenters. The van der Waals surface area contributed by atoms with E-state index in [0.29, 0.717) is 6.54 Å². The molecule has 104 valence electrons. The number of alkyl halides is 1. The van der Waals surface area contributed by atoms with Crippen molar-refractivity contribution in [1.29, 1.82) is 0 Å². The molecule has 2 heteroatoms. The molecule has 1 atom stereocenters. The maximum Gasteiger partial charge on any atom is 0.113 e. The molecule has 0 aliphatic heterocycles. The molecule has 0 radical (unpaired) electrons. The highest BCUT2D eigenvalue weighted by atomic mass is 19.1. The Morgan fingerprint density at radius 2 is 1.47 bits per heavy atom. The van der Waals surface area contributed by atoms with Crippen LogP contribution in [0.2, 0.25) is 0 Å². The molecule has 0 aliphatic rings. The van der Waals surface area contributed by atoms with Gasteiger partial charge in [-0.3, -0.25) is 0 Å². The Labute approximate surface area is 108 Å². The second-order valence-corrected chi connectivity index (χ2v) is 6.14. The average Bonchev–Trinajstić information content (AvgIpc) is 2.24. The van der Waals surface area contributed by atoms with Crippen LogP contribution in [0.4, 0.5) is 4.39 Å². The molecule has 0 rings (SSSR count). The smallest absolute Gasteiger partial charge is 0.113 e. The molecular weight excluding hydrogens is 213 g/mol. The molecule has 0 heterocycles. The number of unbranched alkanes of at least 4 members (excludes halogenated alkanes) is 6. The van der Waals surface area contributed by atoms with E-state index in [4.69, 9.17) is 0 Å². The summed E-state index contributed by atoms with van der Waals surface area (Å²) in [6.45, 7) is 8.96. The third-order valence-electron chi connectivity index (χ3n) is 2.97. The molecule has 0 spiro atoms. The van der Waals surface area contributed by atoms with Gasteiger partial charge in [-0.25, -0.2) is 4.39 Å². The maximum atomic E-state index is 13.5. The van der Waals surface area contributed by atoms with Crippen LogP contribution in [0.3, 0.4) is 0 Å². The van der Waals surface area contributed by atoms with Crippen LogP contribution >= 0.6 is 0 Å². The predicted molar refractivity (Wildman–Crippen MR) is 75.3 cm³/mol. The van der Waals surface area contributed by atoms with Crippen LogP contribution in [-0.2, 0) is 0 Å².